The molecule has 0 spiro atoms. The molecule has 8 nitrogen and oxygen atoms in total. The van der Waals surface area contributed by atoms with Crippen molar-refractivity contribution in [2.75, 3.05) is 26.8 Å². The van der Waals surface area contributed by atoms with Gasteiger partial charge in [-0.25, -0.2) is 4.98 Å². The monoisotopic (exact) mass is 385 g/mol. The highest BCUT2D eigenvalue weighted by molar-refractivity contribution is 5.79. The van der Waals surface area contributed by atoms with Crippen molar-refractivity contribution >= 4 is 16.8 Å². The molecular formula is C20H27N5O3. The number of carbonyl (C=O) groups is 1. The predicted molar refractivity (Wildman–Crippen MR) is 107 cm³/mol. The Morgan fingerprint density at radius 3 is 2.79 bits per heavy atom. The van der Waals surface area contributed by atoms with Gasteiger partial charge in [0.05, 0.1) is 36.7 Å². The van der Waals surface area contributed by atoms with Crippen molar-refractivity contribution in [2.45, 2.75) is 32.9 Å². The van der Waals surface area contributed by atoms with E-state index in [0.717, 1.165) is 0 Å². The Morgan fingerprint density at radius 2 is 2.14 bits per heavy atom. The van der Waals surface area contributed by atoms with E-state index in [1.807, 2.05) is 24.8 Å². The number of nitrogens with zero attached hydrogens (tertiary/aromatic N) is 3. The van der Waals surface area contributed by atoms with Gasteiger partial charge in [0, 0.05) is 13.7 Å². The summed E-state index contributed by atoms with van der Waals surface area (Å²) in [6.07, 6.45) is 0. The third kappa shape index (κ3) is 5.38. The number of ether oxygens (including phenoxy) is 1. The van der Waals surface area contributed by atoms with Gasteiger partial charge in [0.25, 0.3) is 5.56 Å². The molecule has 2 N–H and O–H groups in total. The van der Waals surface area contributed by atoms with Crippen molar-refractivity contribution in [3.05, 3.63) is 40.4 Å². The first kappa shape index (κ1) is 21.5. The zero-order chi connectivity index (χ0) is 20.7. The zero-order valence-electron chi connectivity index (χ0n) is 16.8. The lowest BCUT2D eigenvalue weighted by Crippen LogP contribution is -2.52. The first-order valence-corrected chi connectivity index (χ1v) is 9.20. The van der Waals surface area contributed by atoms with Crippen LogP contribution in [0.4, 0.5) is 0 Å². The number of amides is 1. The maximum atomic E-state index is 12.5. The van der Waals surface area contributed by atoms with Crippen molar-refractivity contribution in [3.8, 4) is 6.07 Å². The summed E-state index contributed by atoms with van der Waals surface area (Å²) in [6.45, 7) is 6.71. The maximum absolute atomic E-state index is 12.5. The van der Waals surface area contributed by atoms with Crippen molar-refractivity contribution in [1.82, 2.24) is 20.2 Å². The number of methoxy groups -OCH3 is 1. The van der Waals surface area contributed by atoms with Crippen LogP contribution in [0, 0.1) is 17.2 Å². The minimum atomic E-state index is -0.945. The minimum absolute atomic E-state index is 0.0348. The number of benzene rings is 1. The highest BCUT2D eigenvalue weighted by Gasteiger charge is 2.30. The fourth-order valence-corrected chi connectivity index (χ4v) is 2.69. The summed E-state index contributed by atoms with van der Waals surface area (Å²) in [4.78, 5) is 33.9. The van der Waals surface area contributed by atoms with E-state index in [9.17, 15) is 14.9 Å². The number of fused-ring (bicyclic) bond motifs is 1. The molecular weight excluding hydrogens is 358 g/mol. The molecule has 0 aliphatic carbocycles. The third-order valence-electron chi connectivity index (χ3n) is 4.80. The Morgan fingerprint density at radius 1 is 1.43 bits per heavy atom. The normalized spacial score (nSPS) is 13.5. The molecule has 150 valence electrons. The van der Waals surface area contributed by atoms with Crippen LogP contribution in [-0.4, -0.2) is 53.1 Å². The molecule has 2 rings (SSSR count). The predicted octanol–water partition coefficient (Wildman–Crippen LogP) is 1.43. The van der Waals surface area contributed by atoms with Crippen LogP contribution in [0.15, 0.2) is 29.1 Å². The molecule has 2 aromatic rings. The van der Waals surface area contributed by atoms with E-state index in [0.29, 0.717) is 29.9 Å². The molecule has 1 amide bonds. The van der Waals surface area contributed by atoms with E-state index in [4.69, 9.17) is 4.74 Å². The number of hydrogen-bond donors (Lipinski definition) is 2. The van der Waals surface area contributed by atoms with Gasteiger partial charge in [0.1, 0.15) is 11.4 Å². The second kappa shape index (κ2) is 9.44. The molecule has 1 aromatic heterocycles. The summed E-state index contributed by atoms with van der Waals surface area (Å²) in [5.74, 6) is 0.170. The molecule has 0 saturated carbocycles. The van der Waals surface area contributed by atoms with Crippen molar-refractivity contribution in [3.63, 3.8) is 0 Å². The van der Waals surface area contributed by atoms with Gasteiger partial charge >= 0.3 is 0 Å². The quantitative estimate of drug-likeness (QED) is 0.675. The summed E-state index contributed by atoms with van der Waals surface area (Å²) >= 11 is 0. The van der Waals surface area contributed by atoms with E-state index in [-0.39, 0.29) is 30.5 Å². The number of nitrogens with one attached hydrogen (secondary N) is 2. The average molecular weight is 385 g/mol. The van der Waals surface area contributed by atoms with Gasteiger partial charge in [0.2, 0.25) is 5.91 Å². The van der Waals surface area contributed by atoms with E-state index in [1.54, 1.807) is 32.2 Å². The minimum Gasteiger partial charge on any atom is -0.383 e. The summed E-state index contributed by atoms with van der Waals surface area (Å²) in [7, 11) is 1.58. The Kier molecular flexibility index (Phi) is 7.26. The zero-order valence-corrected chi connectivity index (χ0v) is 16.8. The Hall–Kier alpha value is -2.76. The Labute approximate surface area is 164 Å². The molecule has 0 bridgehead atoms. The van der Waals surface area contributed by atoms with E-state index < -0.39 is 5.54 Å². The maximum Gasteiger partial charge on any atom is 0.258 e. The molecule has 0 unspecified atom stereocenters. The summed E-state index contributed by atoms with van der Waals surface area (Å²) < 4.78 is 5.13. The van der Waals surface area contributed by atoms with Gasteiger partial charge in [-0.2, -0.15) is 5.26 Å². The number of aromatic nitrogens is 2. The second-order valence-electron chi connectivity index (χ2n) is 7.25. The highest BCUT2D eigenvalue weighted by Crippen LogP contribution is 2.15. The highest BCUT2D eigenvalue weighted by atomic mass is 16.5. The second-order valence-corrected chi connectivity index (χ2v) is 7.25. The first-order valence-electron chi connectivity index (χ1n) is 9.20. The molecule has 1 heterocycles. The van der Waals surface area contributed by atoms with Crippen LogP contribution in [0.1, 0.15) is 26.6 Å². The Bertz CT molecular complexity index is 918. The third-order valence-corrected chi connectivity index (χ3v) is 4.80. The standard InChI is InChI=1S/C20H27N5O3/c1-14(2)20(3,13-21)24-18(26)12-25(9-10-28-4)11-17-22-16-8-6-5-7-15(16)19(27)23-17/h5-8,14H,9-12H2,1-4H3,(H,24,26)(H,22,23,27)/t20-/m0/s1. The van der Waals surface area contributed by atoms with Crippen LogP contribution < -0.4 is 10.9 Å². The van der Waals surface area contributed by atoms with Gasteiger partial charge in [0.15, 0.2) is 0 Å². The number of para-hydroxylation sites is 1. The van der Waals surface area contributed by atoms with E-state index in [1.165, 1.54) is 0 Å². The van der Waals surface area contributed by atoms with Crippen LogP contribution in [-0.2, 0) is 16.1 Å². The van der Waals surface area contributed by atoms with Crippen molar-refractivity contribution in [1.29, 1.82) is 5.26 Å². The van der Waals surface area contributed by atoms with Crippen LogP contribution in [0.25, 0.3) is 10.9 Å². The summed E-state index contributed by atoms with van der Waals surface area (Å²) in [6, 6.07) is 9.27. The lowest BCUT2D eigenvalue weighted by molar-refractivity contribution is -0.124. The molecule has 0 fully saturated rings. The molecule has 0 aliphatic rings. The van der Waals surface area contributed by atoms with E-state index in [2.05, 4.69) is 21.4 Å². The molecule has 1 atom stereocenters. The van der Waals surface area contributed by atoms with Crippen LogP contribution >= 0.6 is 0 Å². The number of hydrogen-bond acceptors (Lipinski definition) is 6. The number of aromatic amines is 1. The molecule has 0 aliphatic heterocycles. The number of nitriles is 1. The van der Waals surface area contributed by atoms with Crippen LogP contribution in [0.2, 0.25) is 0 Å². The van der Waals surface area contributed by atoms with Gasteiger partial charge in [-0.15, -0.1) is 0 Å². The molecule has 28 heavy (non-hydrogen) atoms. The fourth-order valence-electron chi connectivity index (χ4n) is 2.69. The molecule has 0 saturated heterocycles. The number of H-pyrrole nitrogens is 1. The lowest BCUT2D eigenvalue weighted by Gasteiger charge is -2.29. The molecule has 0 radical (unpaired) electrons. The van der Waals surface area contributed by atoms with Crippen LogP contribution in [0.5, 0.6) is 0 Å². The molecule has 8 heteroatoms. The Balaban J connectivity index is 2.17. The van der Waals surface area contributed by atoms with Crippen molar-refractivity contribution in [2.24, 2.45) is 5.92 Å². The van der Waals surface area contributed by atoms with Gasteiger partial charge in [-0.3, -0.25) is 14.5 Å². The van der Waals surface area contributed by atoms with E-state index >= 15 is 0 Å². The topological polar surface area (TPSA) is 111 Å². The summed E-state index contributed by atoms with van der Waals surface area (Å²) in [5, 5.41) is 12.7. The average Bonchev–Trinajstić information content (AvgIpc) is 2.65. The van der Waals surface area contributed by atoms with Gasteiger partial charge in [-0.1, -0.05) is 26.0 Å². The SMILES string of the molecule is COCCN(CC(=O)N[C@@](C)(C#N)C(C)C)Cc1nc2ccccc2c(=O)[nH]1. The number of rotatable bonds is 9. The van der Waals surface area contributed by atoms with Crippen molar-refractivity contribution < 1.29 is 9.53 Å². The number of carbonyl (C=O) groups excluding carboxylic acids is 1. The largest absolute Gasteiger partial charge is 0.383 e. The molecule has 1 aromatic carbocycles. The van der Waals surface area contributed by atoms with Gasteiger partial charge < -0.3 is 15.0 Å². The first-order chi connectivity index (χ1) is 13.3. The fraction of sp³-hybridized carbons (Fsp3) is 0.500. The van der Waals surface area contributed by atoms with Gasteiger partial charge in [-0.05, 0) is 25.0 Å². The smallest absolute Gasteiger partial charge is 0.258 e. The van der Waals surface area contributed by atoms with Crippen LogP contribution in [0.3, 0.4) is 0 Å². The lowest BCUT2D eigenvalue weighted by atomic mass is 9.90. The summed E-state index contributed by atoms with van der Waals surface area (Å²) in [5.41, 5.74) is -0.553.